The van der Waals surface area contributed by atoms with E-state index in [4.69, 9.17) is 9.47 Å². The highest BCUT2D eigenvalue weighted by Crippen LogP contribution is 2.31. The van der Waals surface area contributed by atoms with Crippen molar-refractivity contribution in [3.63, 3.8) is 0 Å². The second kappa shape index (κ2) is 6.95. The Balaban J connectivity index is 1.97. The largest absolute Gasteiger partial charge is 0.497 e. The lowest BCUT2D eigenvalue weighted by Crippen LogP contribution is -2.39. The van der Waals surface area contributed by atoms with Gasteiger partial charge in [-0.05, 0) is 43.9 Å². The molecule has 1 aromatic carbocycles. The van der Waals surface area contributed by atoms with E-state index in [0.717, 1.165) is 17.2 Å². The van der Waals surface area contributed by atoms with E-state index in [-0.39, 0.29) is 0 Å². The lowest BCUT2D eigenvalue weighted by molar-refractivity contribution is 0.151. The van der Waals surface area contributed by atoms with E-state index < -0.39 is 6.10 Å². The molecule has 2 unspecified atom stereocenters. The molecular formula is C16H25NO3. The van der Waals surface area contributed by atoms with E-state index >= 15 is 0 Å². The highest BCUT2D eigenvalue weighted by Gasteiger charge is 2.24. The summed E-state index contributed by atoms with van der Waals surface area (Å²) in [4.78, 5) is 0. The van der Waals surface area contributed by atoms with Crippen LogP contribution < -0.4 is 14.8 Å². The summed E-state index contributed by atoms with van der Waals surface area (Å²) in [5.41, 5.74) is 0.764. The molecule has 0 aromatic heterocycles. The van der Waals surface area contributed by atoms with Gasteiger partial charge < -0.3 is 19.9 Å². The maximum Gasteiger partial charge on any atom is 0.124 e. The van der Waals surface area contributed by atoms with Crippen LogP contribution in [0.4, 0.5) is 0 Å². The van der Waals surface area contributed by atoms with Gasteiger partial charge in [-0.3, -0.25) is 0 Å². The van der Waals surface area contributed by atoms with Crippen LogP contribution in [-0.4, -0.2) is 31.9 Å². The maximum atomic E-state index is 10.4. The van der Waals surface area contributed by atoms with Crippen molar-refractivity contribution in [1.29, 1.82) is 0 Å². The molecule has 0 spiro atoms. The predicted molar refractivity (Wildman–Crippen MR) is 79.3 cm³/mol. The van der Waals surface area contributed by atoms with Crippen molar-refractivity contribution >= 4 is 0 Å². The van der Waals surface area contributed by atoms with E-state index in [2.05, 4.69) is 12.2 Å². The van der Waals surface area contributed by atoms with Crippen LogP contribution in [-0.2, 0) is 0 Å². The third-order valence-corrected chi connectivity index (χ3v) is 4.29. The topological polar surface area (TPSA) is 50.7 Å². The standard InChI is InChI=1S/C16H25NO3/c1-11(12-5-4-6-12)17-10-15(18)14-9-13(19-2)7-8-16(14)20-3/h7-9,11-12,15,17-18H,4-6,10H2,1-3H3. The Morgan fingerprint density at radius 3 is 2.60 bits per heavy atom. The van der Waals surface area contributed by atoms with Gasteiger partial charge in [-0.2, -0.15) is 0 Å². The van der Waals surface area contributed by atoms with Crippen LogP contribution in [0.25, 0.3) is 0 Å². The Labute approximate surface area is 121 Å². The summed E-state index contributed by atoms with van der Waals surface area (Å²) < 4.78 is 10.5. The molecule has 2 N–H and O–H groups in total. The van der Waals surface area contributed by atoms with Gasteiger partial charge in [-0.15, -0.1) is 0 Å². The van der Waals surface area contributed by atoms with Crippen LogP contribution in [0.15, 0.2) is 18.2 Å². The molecule has 0 radical (unpaired) electrons. The van der Waals surface area contributed by atoms with Gasteiger partial charge in [0.15, 0.2) is 0 Å². The molecule has 20 heavy (non-hydrogen) atoms. The molecule has 1 aromatic rings. The van der Waals surface area contributed by atoms with Crippen molar-refractivity contribution in [1.82, 2.24) is 5.32 Å². The monoisotopic (exact) mass is 279 g/mol. The molecule has 112 valence electrons. The maximum absolute atomic E-state index is 10.4. The number of aliphatic hydroxyl groups excluding tert-OH is 1. The summed E-state index contributed by atoms with van der Waals surface area (Å²) in [6, 6.07) is 5.95. The number of rotatable bonds is 7. The van der Waals surface area contributed by atoms with E-state index in [1.165, 1.54) is 19.3 Å². The fraction of sp³-hybridized carbons (Fsp3) is 0.625. The summed E-state index contributed by atoms with van der Waals surface area (Å²) in [6.45, 7) is 2.72. The fourth-order valence-electron chi connectivity index (χ4n) is 2.61. The number of nitrogens with one attached hydrogen (secondary N) is 1. The molecular weight excluding hydrogens is 254 g/mol. The van der Waals surface area contributed by atoms with Crippen molar-refractivity contribution in [2.24, 2.45) is 5.92 Å². The SMILES string of the molecule is COc1ccc(OC)c(C(O)CNC(C)C2CCC2)c1. The van der Waals surface area contributed by atoms with Crippen molar-refractivity contribution in [3.05, 3.63) is 23.8 Å². The second-order valence-corrected chi connectivity index (χ2v) is 5.51. The third kappa shape index (κ3) is 3.44. The quantitative estimate of drug-likeness (QED) is 0.805. The van der Waals surface area contributed by atoms with E-state index in [9.17, 15) is 5.11 Å². The minimum Gasteiger partial charge on any atom is -0.497 e. The summed E-state index contributed by atoms with van der Waals surface area (Å²) >= 11 is 0. The molecule has 4 nitrogen and oxygen atoms in total. The van der Waals surface area contributed by atoms with Gasteiger partial charge in [0, 0.05) is 18.2 Å². The molecule has 1 saturated carbocycles. The molecule has 0 bridgehead atoms. The van der Waals surface area contributed by atoms with Gasteiger partial charge in [0.05, 0.1) is 20.3 Å². The number of aliphatic hydroxyl groups is 1. The zero-order valence-electron chi connectivity index (χ0n) is 12.6. The first-order chi connectivity index (χ1) is 9.65. The second-order valence-electron chi connectivity index (χ2n) is 5.51. The Hall–Kier alpha value is -1.26. The van der Waals surface area contributed by atoms with E-state index in [1.807, 2.05) is 18.2 Å². The molecule has 4 heteroatoms. The third-order valence-electron chi connectivity index (χ3n) is 4.29. The summed E-state index contributed by atoms with van der Waals surface area (Å²) in [6.07, 6.45) is 3.34. The highest BCUT2D eigenvalue weighted by molar-refractivity contribution is 5.41. The van der Waals surface area contributed by atoms with Crippen LogP contribution in [0.3, 0.4) is 0 Å². The van der Waals surface area contributed by atoms with Crippen LogP contribution in [0, 0.1) is 5.92 Å². The van der Waals surface area contributed by atoms with Gasteiger partial charge >= 0.3 is 0 Å². The number of methoxy groups -OCH3 is 2. The number of hydrogen-bond donors (Lipinski definition) is 2. The van der Waals surface area contributed by atoms with Gasteiger partial charge in [0.1, 0.15) is 11.5 Å². The molecule has 0 aliphatic heterocycles. The minimum atomic E-state index is -0.595. The van der Waals surface area contributed by atoms with Gasteiger partial charge in [0.25, 0.3) is 0 Å². The number of hydrogen-bond acceptors (Lipinski definition) is 4. The zero-order chi connectivity index (χ0) is 14.5. The van der Waals surface area contributed by atoms with E-state index in [1.54, 1.807) is 14.2 Å². The molecule has 0 amide bonds. The molecule has 1 fully saturated rings. The summed E-state index contributed by atoms with van der Waals surface area (Å²) in [5, 5.41) is 13.8. The number of ether oxygens (including phenoxy) is 2. The van der Waals surface area contributed by atoms with E-state index in [0.29, 0.717) is 18.3 Å². The van der Waals surface area contributed by atoms with Crippen LogP contribution in [0.1, 0.15) is 37.9 Å². The van der Waals surface area contributed by atoms with Crippen molar-refractivity contribution in [3.8, 4) is 11.5 Å². The first-order valence-electron chi connectivity index (χ1n) is 7.29. The predicted octanol–water partition coefficient (Wildman–Crippen LogP) is 2.52. The molecule has 2 atom stereocenters. The lowest BCUT2D eigenvalue weighted by Gasteiger charge is -2.32. The molecule has 2 rings (SSSR count). The summed E-state index contributed by atoms with van der Waals surface area (Å²) in [5.74, 6) is 2.18. The Morgan fingerprint density at radius 1 is 1.30 bits per heavy atom. The molecule has 1 aliphatic rings. The average Bonchev–Trinajstić information content (AvgIpc) is 2.42. The fourth-order valence-corrected chi connectivity index (χ4v) is 2.61. The zero-order valence-corrected chi connectivity index (χ0v) is 12.6. The van der Waals surface area contributed by atoms with Crippen LogP contribution in [0.2, 0.25) is 0 Å². The van der Waals surface area contributed by atoms with Crippen molar-refractivity contribution < 1.29 is 14.6 Å². The van der Waals surface area contributed by atoms with Gasteiger partial charge in [-0.1, -0.05) is 6.42 Å². The van der Waals surface area contributed by atoms with Gasteiger partial charge in [0.2, 0.25) is 0 Å². The summed E-state index contributed by atoms with van der Waals surface area (Å²) in [7, 11) is 3.23. The molecule has 0 saturated heterocycles. The average molecular weight is 279 g/mol. The Morgan fingerprint density at radius 2 is 2.05 bits per heavy atom. The number of benzene rings is 1. The Kier molecular flexibility index (Phi) is 5.26. The van der Waals surface area contributed by atoms with Crippen molar-refractivity contribution in [2.45, 2.75) is 38.3 Å². The smallest absolute Gasteiger partial charge is 0.124 e. The molecule has 1 aliphatic carbocycles. The van der Waals surface area contributed by atoms with Gasteiger partial charge in [-0.25, -0.2) is 0 Å². The van der Waals surface area contributed by atoms with Crippen LogP contribution >= 0.6 is 0 Å². The normalized spacial score (nSPS) is 18.2. The first kappa shape index (κ1) is 15.1. The van der Waals surface area contributed by atoms with Crippen molar-refractivity contribution in [2.75, 3.05) is 20.8 Å². The highest BCUT2D eigenvalue weighted by atomic mass is 16.5. The van der Waals surface area contributed by atoms with Crippen LogP contribution in [0.5, 0.6) is 11.5 Å². The first-order valence-corrected chi connectivity index (χ1v) is 7.29. The Bertz CT molecular complexity index is 432. The molecule has 0 heterocycles. The minimum absolute atomic E-state index is 0.454. The lowest BCUT2D eigenvalue weighted by atomic mass is 9.80.